The molecule has 8 heteroatoms. The van der Waals surface area contributed by atoms with Crippen molar-refractivity contribution in [3.05, 3.63) is 29.6 Å². The third-order valence-electron chi connectivity index (χ3n) is 2.29. The Hall–Kier alpha value is -2.38. The van der Waals surface area contributed by atoms with E-state index in [0.717, 1.165) is 0 Å². The third kappa shape index (κ3) is 2.56. The van der Waals surface area contributed by atoms with Crippen LogP contribution in [0.15, 0.2) is 12.1 Å². The normalized spacial score (nSPS) is 10.6. The number of nitrogen functional groups attached to an aromatic ring is 1. The molecule has 0 radical (unpaired) electrons. The maximum atomic E-state index is 13.6. The fourth-order valence-electron chi connectivity index (χ4n) is 1.40. The van der Waals surface area contributed by atoms with Crippen molar-refractivity contribution >= 4 is 11.9 Å². The maximum absolute atomic E-state index is 13.6. The van der Waals surface area contributed by atoms with Crippen LogP contribution in [0.4, 0.5) is 25.1 Å². The van der Waals surface area contributed by atoms with Crippen molar-refractivity contribution in [3.63, 3.8) is 0 Å². The Kier molecular flexibility index (Phi) is 3.24. The summed E-state index contributed by atoms with van der Waals surface area (Å²) in [6.07, 6.45) is 0. The molecule has 1 aromatic heterocycles. The highest BCUT2D eigenvalue weighted by Crippen LogP contribution is 2.23. The number of hydrogen-bond acceptors (Lipinski definition) is 5. The summed E-state index contributed by atoms with van der Waals surface area (Å²) in [5.74, 6) is -3.57. The highest BCUT2D eigenvalue weighted by atomic mass is 19.2. The summed E-state index contributed by atoms with van der Waals surface area (Å²) < 4.78 is 39.6. The number of halogens is 3. The Morgan fingerprint density at radius 1 is 0.947 bits per heavy atom. The highest BCUT2D eigenvalue weighted by molar-refractivity contribution is 5.58. The van der Waals surface area contributed by atoms with Crippen LogP contribution >= 0.6 is 0 Å². The van der Waals surface area contributed by atoms with Crippen molar-refractivity contribution in [2.75, 3.05) is 24.7 Å². The summed E-state index contributed by atoms with van der Waals surface area (Å²) in [6, 6.07) is 1.11. The van der Waals surface area contributed by atoms with E-state index in [1.807, 2.05) is 0 Å². The lowest BCUT2D eigenvalue weighted by Gasteiger charge is -2.11. The molecule has 0 spiro atoms. The lowest BCUT2D eigenvalue weighted by molar-refractivity contribution is 0.496. The second kappa shape index (κ2) is 4.71. The van der Waals surface area contributed by atoms with Crippen LogP contribution in [0, 0.1) is 17.5 Å². The minimum Gasteiger partial charge on any atom is -0.368 e. The predicted octanol–water partition coefficient (Wildman–Crippen LogP) is 1.60. The standard InChI is InChI=1S/C11H10F3N5/c1-19(2)11-17-9(16-10(15)18-11)5-3-7(13)8(14)4-6(5)12/h3-4H,1-2H3,(H2,15,16,17,18). The van der Waals surface area contributed by atoms with Crippen LogP contribution in [0.5, 0.6) is 0 Å². The smallest absolute Gasteiger partial charge is 0.230 e. The molecule has 0 amide bonds. The molecule has 1 aromatic carbocycles. The Balaban J connectivity index is 2.62. The van der Waals surface area contributed by atoms with Gasteiger partial charge in [-0.05, 0) is 6.07 Å². The molecule has 0 bridgehead atoms. The molecule has 0 aliphatic heterocycles. The summed E-state index contributed by atoms with van der Waals surface area (Å²) in [5, 5.41) is 0. The van der Waals surface area contributed by atoms with E-state index in [1.54, 1.807) is 14.1 Å². The first-order valence-electron chi connectivity index (χ1n) is 5.22. The molecule has 0 saturated heterocycles. The van der Waals surface area contributed by atoms with E-state index in [0.29, 0.717) is 12.1 Å². The first kappa shape index (κ1) is 13.1. The van der Waals surface area contributed by atoms with Gasteiger partial charge in [-0.25, -0.2) is 13.2 Å². The van der Waals surface area contributed by atoms with Crippen molar-refractivity contribution in [3.8, 4) is 11.4 Å². The van der Waals surface area contributed by atoms with Gasteiger partial charge in [0.15, 0.2) is 17.5 Å². The fourth-order valence-corrected chi connectivity index (χ4v) is 1.40. The first-order chi connectivity index (χ1) is 8.88. The zero-order chi connectivity index (χ0) is 14.2. The van der Waals surface area contributed by atoms with Crippen LogP contribution in [0.2, 0.25) is 0 Å². The van der Waals surface area contributed by atoms with Gasteiger partial charge >= 0.3 is 0 Å². The minimum atomic E-state index is -1.28. The number of anilines is 2. The van der Waals surface area contributed by atoms with E-state index in [2.05, 4.69) is 15.0 Å². The molecule has 0 fully saturated rings. The summed E-state index contributed by atoms with van der Waals surface area (Å²) >= 11 is 0. The summed E-state index contributed by atoms with van der Waals surface area (Å²) in [6.45, 7) is 0. The molecule has 0 atom stereocenters. The van der Waals surface area contributed by atoms with E-state index in [9.17, 15) is 13.2 Å². The lowest BCUT2D eigenvalue weighted by Crippen LogP contribution is -2.15. The van der Waals surface area contributed by atoms with Crippen molar-refractivity contribution in [2.45, 2.75) is 0 Å². The third-order valence-corrected chi connectivity index (χ3v) is 2.29. The Morgan fingerprint density at radius 3 is 2.21 bits per heavy atom. The van der Waals surface area contributed by atoms with Gasteiger partial charge in [0.25, 0.3) is 0 Å². The quantitative estimate of drug-likeness (QED) is 0.839. The molecule has 2 aromatic rings. The van der Waals surface area contributed by atoms with E-state index < -0.39 is 17.5 Å². The topological polar surface area (TPSA) is 67.9 Å². The van der Waals surface area contributed by atoms with Gasteiger partial charge in [0.05, 0.1) is 5.56 Å². The highest BCUT2D eigenvalue weighted by Gasteiger charge is 2.16. The van der Waals surface area contributed by atoms with Gasteiger partial charge in [-0.1, -0.05) is 0 Å². The largest absolute Gasteiger partial charge is 0.368 e. The minimum absolute atomic E-state index is 0.141. The number of benzene rings is 1. The molecule has 0 saturated carbocycles. The average Bonchev–Trinajstić information content (AvgIpc) is 2.33. The molecular formula is C11H10F3N5. The molecule has 0 unspecified atom stereocenters. The Labute approximate surface area is 106 Å². The van der Waals surface area contributed by atoms with Gasteiger partial charge < -0.3 is 10.6 Å². The van der Waals surface area contributed by atoms with Gasteiger partial charge in [-0.3, -0.25) is 0 Å². The number of hydrogen-bond donors (Lipinski definition) is 1. The molecule has 2 rings (SSSR count). The second-order valence-electron chi connectivity index (χ2n) is 3.96. The molecule has 19 heavy (non-hydrogen) atoms. The van der Waals surface area contributed by atoms with E-state index in [-0.39, 0.29) is 23.3 Å². The number of nitrogens with two attached hydrogens (primary N) is 1. The molecule has 100 valence electrons. The Morgan fingerprint density at radius 2 is 1.58 bits per heavy atom. The van der Waals surface area contributed by atoms with Crippen LogP contribution in [0.25, 0.3) is 11.4 Å². The SMILES string of the molecule is CN(C)c1nc(N)nc(-c2cc(F)c(F)cc2F)n1. The van der Waals surface area contributed by atoms with Crippen LogP contribution in [-0.4, -0.2) is 29.0 Å². The van der Waals surface area contributed by atoms with Gasteiger partial charge in [0.1, 0.15) is 5.82 Å². The van der Waals surface area contributed by atoms with Gasteiger partial charge in [0.2, 0.25) is 11.9 Å². The number of aromatic nitrogens is 3. The van der Waals surface area contributed by atoms with Crippen molar-refractivity contribution in [1.29, 1.82) is 0 Å². The van der Waals surface area contributed by atoms with Crippen molar-refractivity contribution < 1.29 is 13.2 Å². The molecular weight excluding hydrogens is 259 g/mol. The first-order valence-corrected chi connectivity index (χ1v) is 5.22. The number of rotatable bonds is 2. The summed E-state index contributed by atoms with van der Waals surface area (Å²) in [7, 11) is 3.31. The molecule has 2 N–H and O–H groups in total. The van der Waals surface area contributed by atoms with E-state index in [1.165, 1.54) is 4.90 Å². The van der Waals surface area contributed by atoms with Crippen LogP contribution in [0.3, 0.4) is 0 Å². The monoisotopic (exact) mass is 269 g/mol. The second-order valence-corrected chi connectivity index (χ2v) is 3.96. The maximum Gasteiger partial charge on any atom is 0.230 e. The Bertz CT molecular complexity index is 630. The van der Waals surface area contributed by atoms with Gasteiger partial charge in [-0.2, -0.15) is 15.0 Å². The predicted molar refractivity (Wildman–Crippen MR) is 63.9 cm³/mol. The summed E-state index contributed by atoms with van der Waals surface area (Å²) in [4.78, 5) is 13.0. The molecule has 5 nitrogen and oxygen atoms in total. The lowest BCUT2D eigenvalue weighted by atomic mass is 10.2. The zero-order valence-corrected chi connectivity index (χ0v) is 10.2. The summed E-state index contributed by atoms with van der Waals surface area (Å²) in [5.41, 5.74) is 5.19. The van der Waals surface area contributed by atoms with Gasteiger partial charge in [0, 0.05) is 20.2 Å². The molecule has 0 aliphatic carbocycles. The fraction of sp³-hybridized carbons (Fsp3) is 0.182. The van der Waals surface area contributed by atoms with Gasteiger partial charge in [-0.15, -0.1) is 0 Å². The van der Waals surface area contributed by atoms with Crippen LogP contribution < -0.4 is 10.6 Å². The van der Waals surface area contributed by atoms with E-state index >= 15 is 0 Å². The number of nitrogens with zero attached hydrogens (tertiary/aromatic N) is 4. The molecule has 0 aliphatic rings. The zero-order valence-electron chi connectivity index (χ0n) is 10.2. The molecule has 1 heterocycles. The van der Waals surface area contributed by atoms with Crippen molar-refractivity contribution in [2.24, 2.45) is 0 Å². The van der Waals surface area contributed by atoms with E-state index in [4.69, 9.17) is 5.73 Å². The van der Waals surface area contributed by atoms with Crippen LogP contribution in [-0.2, 0) is 0 Å². The van der Waals surface area contributed by atoms with Crippen molar-refractivity contribution in [1.82, 2.24) is 15.0 Å². The van der Waals surface area contributed by atoms with Crippen LogP contribution in [0.1, 0.15) is 0 Å². The average molecular weight is 269 g/mol.